The van der Waals surface area contributed by atoms with Gasteiger partial charge in [0, 0.05) is 19.5 Å². The van der Waals surface area contributed by atoms with E-state index in [1.165, 1.54) is 5.56 Å². The molecular weight excluding hydrogens is 202 g/mol. The predicted molar refractivity (Wildman–Crippen MR) is 45.1 cm³/mol. The number of hydrogen-bond acceptors (Lipinski definition) is 0. The van der Waals surface area contributed by atoms with E-state index in [1.54, 1.807) is 0 Å². The molecule has 0 unspecified atom stereocenters. The number of rotatable bonds is 1. The van der Waals surface area contributed by atoms with Crippen molar-refractivity contribution in [2.45, 2.75) is 0 Å². The summed E-state index contributed by atoms with van der Waals surface area (Å²) in [6.07, 6.45) is 1.83. The third-order valence-electron chi connectivity index (χ3n) is 1.04. The molecule has 0 aliphatic rings. The van der Waals surface area contributed by atoms with Gasteiger partial charge in [0.05, 0.1) is 0 Å². The van der Waals surface area contributed by atoms with Crippen molar-refractivity contribution in [1.82, 2.24) is 0 Å². The molecule has 0 nitrogen and oxygen atoms in total. The van der Waals surface area contributed by atoms with Crippen LogP contribution < -0.4 is 0 Å². The van der Waals surface area contributed by atoms with Crippen LogP contribution in [0, 0.1) is 0 Å². The van der Waals surface area contributed by atoms with Crippen molar-refractivity contribution in [3.63, 3.8) is 0 Å². The van der Waals surface area contributed by atoms with E-state index in [4.69, 9.17) is 0 Å². The zero-order valence-electron chi connectivity index (χ0n) is 5.38. The van der Waals surface area contributed by atoms with Crippen molar-refractivity contribution < 1.29 is 19.5 Å². The molecule has 0 fully saturated rings. The number of hydrogen-bond donors (Lipinski definition) is 0. The second-order valence-corrected chi connectivity index (χ2v) is 1.61. The Hall–Kier alpha value is 0.843. The van der Waals surface area contributed by atoms with Gasteiger partial charge < -0.3 is 0 Å². The Labute approximate surface area is 104 Å². The fourth-order valence-electron chi connectivity index (χ4n) is 0.589. The fraction of sp³-hybridized carbons (Fsp3) is 0. The summed E-state index contributed by atoms with van der Waals surface area (Å²) in [7, 11) is 0. The smallest absolute Gasteiger partial charge is 0 e. The molecule has 1 aromatic rings. The SMILES string of the molecule is C=Cc1ccccc1.[CaH2].[Zn]. The molecule has 1 aromatic carbocycles. The van der Waals surface area contributed by atoms with Gasteiger partial charge >= 0.3 is 37.7 Å². The van der Waals surface area contributed by atoms with Gasteiger partial charge in [-0.3, -0.25) is 0 Å². The van der Waals surface area contributed by atoms with Crippen LogP contribution in [0.1, 0.15) is 5.56 Å². The van der Waals surface area contributed by atoms with Crippen LogP contribution in [0.15, 0.2) is 36.9 Å². The standard InChI is InChI=1S/C8H8.Ca.Zn.2H/c1-2-8-6-4-3-5-7-8;;;;/h2-7H,1H2;;;;. The minimum Gasteiger partial charge on any atom is 0 e. The van der Waals surface area contributed by atoms with E-state index < -0.39 is 0 Å². The third-order valence-corrected chi connectivity index (χ3v) is 1.04. The molecular formula is C8H10CaZn. The average molecular weight is 212 g/mol. The molecule has 10 heavy (non-hydrogen) atoms. The molecule has 0 amide bonds. The molecule has 46 valence electrons. The Morgan fingerprint density at radius 2 is 1.60 bits per heavy atom. The summed E-state index contributed by atoms with van der Waals surface area (Å²) < 4.78 is 0. The van der Waals surface area contributed by atoms with E-state index in [9.17, 15) is 0 Å². The van der Waals surface area contributed by atoms with Crippen LogP contribution in [0.2, 0.25) is 0 Å². The van der Waals surface area contributed by atoms with Gasteiger partial charge in [0.15, 0.2) is 0 Å². The molecule has 0 aliphatic carbocycles. The summed E-state index contributed by atoms with van der Waals surface area (Å²) in [6.45, 7) is 3.63. The van der Waals surface area contributed by atoms with Gasteiger partial charge in [0.2, 0.25) is 0 Å². The average Bonchev–Trinajstić information content (AvgIpc) is 1.90. The maximum Gasteiger partial charge on any atom is 0 e. The van der Waals surface area contributed by atoms with Crippen LogP contribution in [0.3, 0.4) is 0 Å². The first-order valence-electron chi connectivity index (χ1n) is 2.61. The van der Waals surface area contributed by atoms with Gasteiger partial charge in [-0.15, -0.1) is 0 Å². The largest absolute Gasteiger partial charge is 0 e. The first-order valence-corrected chi connectivity index (χ1v) is 2.61. The summed E-state index contributed by atoms with van der Waals surface area (Å²) in [5.74, 6) is 0. The van der Waals surface area contributed by atoms with Crippen LogP contribution in [0.25, 0.3) is 6.08 Å². The van der Waals surface area contributed by atoms with Gasteiger partial charge in [-0.1, -0.05) is 43.0 Å². The maximum atomic E-state index is 3.63. The van der Waals surface area contributed by atoms with E-state index in [0.717, 1.165) is 0 Å². The summed E-state index contributed by atoms with van der Waals surface area (Å²) in [5, 5.41) is 0. The molecule has 0 radical (unpaired) electrons. The molecule has 0 heterocycles. The van der Waals surface area contributed by atoms with Crippen molar-refractivity contribution in [2.24, 2.45) is 0 Å². The normalized spacial score (nSPS) is 6.80. The maximum absolute atomic E-state index is 3.63. The molecule has 0 spiro atoms. The Morgan fingerprint density at radius 3 is 1.90 bits per heavy atom. The summed E-state index contributed by atoms with van der Waals surface area (Å²) >= 11 is 0. The van der Waals surface area contributed by atoms with Gasteiger partial charge in [-0.05, 0) is 5.56 Å². The van der Waals surface area contributed by atoms with Crippen LogP contribution >= 0.6 is 0 Å². The Bertz CT molecular complexity index is 172. The Balaban J connectivity index is 0. The summed E-state index contributed by atoms with van der Waals surface area (Å²) in [6, 6.07) is 10.0. The van der Waals surface area contributed by atoms with Crippen molar-refractivity contribution in [2.75, 3.05) is 0 Å². The quantitative estimate of drug-likeness (QED) is 0.617. The van der Waals surface area contributed by atoms with Crippen molar-refractivity contribution >= 4 is 43.8 Å². The van der Waals surface area contributed by atoms with Gasteiger partial charge in [-0.2, -0.15) is 0 Å². The topological polar surface area (TPSA) is 0 Å². The van der Waals surface area contributed by atoms with Crippen LogP contribution in [-0.4, -0.2) is 37.7 Å². The second-order valence-electron chi connectivity index (χ2n) is 1.61. The van der Waals surface area contributed by atoms with E-state index in [0.29, 0.717) is 0 Å². The zero-order valence-corrected chi connectivity index (χ0v) is 8.35. The molecule has 0 bridgehead atoms. The number of benzene rings is 1. The fourth-order valence-corrected chi connectivity index (χ4v) is 0.589. The molecule has 2 heteroatoms. The molecule has 0 saturated heterocycles. The summed E-state index contributed by atoms with van der Waals surface area (Å²) in [4.78, 5) is 0. The van der Waals surface area contributed by atoms with Gasteiger partial charge in [0.1, 0.15) is 0 Å². The molecule has 0 aliphatic heterocycles. The van der Waals surface area contributed by atoms with E-state index >= 15 is 0 Å². The van der Waals surface area contributed by atoms with E-state index in [1.807, 2.05) is 36.4 Å². The van der Waals surface area contributed by atoms with Crippen LogP contribution in [0.4, 0.5) is 0 Å². The Kier molecular flexibility index (Phi) is 10.7. The first-order chi connectivity index (χ1) is 3.93. The Morgan fingerprint density at radius 1 is 1.10 bits per heavy atom. The zero-order chi connectivity index (χ0) is 5.82. The van der Waals surface area contributed by atoms with Gasteiger partial charge in [-0.25, -0.2) is 0 Å². The molecule has 1 rings (SSSR count). The first kappa shape index (κ1) is 13.4. The minimum atomic E-state index is 0. The van der Waals surface area contributed by atoms with Crippen molar-refractivity contribution in [3.05, 3.63) is 42.5 Å². The molecule has 0 aromatic heterocycles. The predicted octanol–water partition coefficient (Wildman–Crippen LogP) is 1.41. The van der Waals surface area contributed by atoms with Crippen molar-refractivity contribution in [3.8, 4) is 0 Å². The monoisotopic (exact) mass is 210 g/mol. The third kappa shape index (κ3) is 4.63. The van der Waals surface area contributed by atoms with Crippen molar-refractivity contribution in [1.29, 1.82) is 0 Å². The molecule has 0 N–H and O–H groups in total. The molecule has 0 saturated carbocycles. The summed E-state index contributed by atoms with van der Waals surface area (Å²) in [5.41, 5.74) is 1.17. The molecule has 0 atom stereocenters. The van der Waals surface area contributed by atoms with Gasteiger partial charge in [0.25, 0.3) is 0 Å². The van der Waals surface area contributed by atoms with Crippen LogP contribution in [-0.2, 0) is 19.5 Å². The minimum absolute atomic E-state index is 0. The van der Waals surface area contributed by atoms with E-state index in [-0.39, 0.29) is 57.2 Å². The van der Waals surface area contributed by atoms with E-state index in [2.05, 4.69) is 6.58 Å². The second kappa shape index (κ2) is 7.94. The van der Waals surface area contributed by atoms with Crippen LogP contribution in [0.5, 0.6) is 0 Å².